The third-order valence-electron chi connectivity index (χ3n) is 3.96. The molecule has 0 aliphatic carbocycles. The summed E-state index contributed by atoms with van der Waals surface area (Å²) in [7, 11) is 0. The van der Waals surface area contributed by atoms with Crippen molar-refractivity contribution >= 4 is 29.1 Å². The van der Waals surface area contributed by atoms with Gasteiger partial charge in [0.25, 0.3) is 11.5 Å². The molecule has 8 heteroatoms. The fourth-order valence-electron chi connectivity index (χ4n) is 2.49. The van der Waals surface area contributed by atoms with Gasteiger partial charge in [0.15, 0.2) is 0 Å². The topological polar surface area (TPSA) is 84.0 Å². The summed E-state index contributed by atoms with van der Waals surface area (Å²) in [6.45, 7) is 0.186. The number of nitrogens with zero attached hydrogens (tertiary/aromatic N) is 1. The van der Waals surface area contributed by atoms with Crippen LogP contribution in [0.25, 0.3) is 0 Å². The van der Waals surface area contributed by atoms with E-state index in [2.05, 4.69) is 10.3 Å². The smallest absolute Gasteiger partial charge is 0.328 e. The Morgan fingerprint density at radius 1 is 1.04 bits per heavy atom. The summed E-state index contributed by atoms with van der Waals surface area (Å²) in [5.41, 5.74) is -0.0314. The fraction of sp³-hybridized carbons (Fsp3) is 0.105. The minimum Gasteiger partial charge on any atom is -0.348 e. The largest absolute Gasteiger partial charge is 0.348 e. The molecule has 0 fully saturated rings. The van der Waals surface area contributed by atoms with Crippen LogP contribution in [0.1, 0.15) is 21.5 Å². The average Bonchev–Trinajstić information content (AvgIpc) is 2.66. The zero-order chi connectivity index (χ0) is 19.4. The van der Waals surface area contributed by atoms with Gasteiger partial charge < -0.3 is 10.3 Å². The predicted octanol–water partition coefficient (Wildman–Crippen LogP) is 2.82. The Morgan fingerprint density at radius 3 is 2.44 bits per heavy atom. The van der Waals surface area contributed by atoms with E-state index in [-0.39, 0.29) is 18.7 Å². The summed E-state index contributed by atoms with van der Waals surface area (Å²) in [4.78, 5) is 39.5. The molecule has 1 heterocycles. The van der Waals surface area contributed by atoms with Gasteiger partial charge in [0.1, 0.15) is 5.56 Å². The van der Waals surface area contributed by atoms with Gasteiger partial charge in [0, 0.05) is 22.8 Å². The SMILES string of the molecule is O=C(NCc1ccc(Cl)cc1)c1c[nH]c(=O)n(Cc2ccccc2Cl)c1=O. The predicted molar refractivity (Wildman–Crippen MR) is 104 cm³/mol. The second kappa shape index (κ2) is 8.24. The van der Waals surface area contributed by atoms with Crippen molar-refractivity contribution in [2.75, 3.05) is 0 Å². The number of nitrogens with one attached hydrogen (secondary N) is 2. The number of amides is 1. The van der Waals surface area contributed by atoms with Crippen molar-refractivity contribution < 1.29 is 4.79 Å². The molecular formula is C19H15Cl2N3O3. The normalized spacial score (nSPS) is 10.6. The summed E-state index contributed by atoms with van der Waals surface area (Å²) in [5.74, 6) is -0.584. The first kappa shape index (κ1) is 18.9. The Balaban J connectivity index is 1.83. The van der Waals surface area contributed by atoms with Gasteiger partial charge in [-0.1, -0.05) is 53.5 Å². The number of carbonyl (C=O) groups is 1. The molecule has 138 valence electrons. The molecule has 1 amide bonds. The zero-order valence-corrected chi connectivity index (χ0v) is 15.6. The molecule has 0 saturated heterocycles. The third kappa shape index (κ3) is 4.48. The van der Waals surface area contributed by atoms with Gasteiger partial charge in [-0.3, -0.25) is 14.2 Å². The maximum Gasteiger partial charge on any atom is 0.328 e. The molecule has 2 N–H and O–H groups in total. The average molecular weight is 404 g/mol. The van der Waals surface area contributed by atoms with E-state index in [4.69, 9.17) is 23.2 Å². The van der Waals surface area contributed by atoms with Crippen LogP contribution in [0.4, 0.5) is 0 Å². The minimum atomic E-state index is -0.688. The van der Waals surface area contributed by atoms with Crippen molar-refractivity contribution in [3.8, 4) is 0 Å². The van der Waals surface area contributed by atoms with Crippen molar-refractivity contribution in [2.45, 2.75) is 13.1 Å². The van der Waals surface area contributed by atoms with Crippen LogP contribution >= 0.6 is 23.2 Å². The quantitative estimate of drug-likeness (QED) is 0.686. The van der Waals surface area contributed by atoms with Crippen molar-refractivity contribution in [2.24, 2.45) is 0 Å². The lowest BCUT2D eigenvalue weighted by atomic mass is 10.2. The third-order valence-corrected chi connectivity index (χ3v) is 4.58. The number of carbonyl (C=O) groups excluding carboxylic acids is 1. The van der Waals surface area contributed by atoms with Gasteiger partial charge in [-0.15, -0.1) is 0 Å². The maximum atomic E-state index is 12.6. The van der Waals surface area contributed by atoms with Crippen molar-refractivity contribution in [3.63, 3.8) is 0 Å². The lowest BCUT2D eigenvalue weighted by molar-refractivity contribution is 0.0948. The number of H-pyrrole nitrogens is 1. The highest BCUT2D eigenvalue weighted by Gasteiger charge is 2.15. The molecule has 0 aliphatic rings. The number of aromatic nitrogens is 2. The number of benzene rings is 2. The summed E-state index contributed by atoms with van der Waals surface area (Å²) < 4.78 is 0.943. The molecular weight excluding hydrogens is 389 g/mol. The molecule has 0 bridgehead atoms. The van der Waals surface area contributed by atoms with Crippen LogP contribution in [0.5, 0.6) is 0 Å². The summed E-state index contributed by atoms with van der Waals surface area (Å²) in [5, 5.41) is 3.68. The lowest BCUT2D eigenvalue weighted by Gasteiger charge is -2.09. The van der Waals surface area contributed by atoms with Gasteiger partial charge in [-0.2, -0.15) is 0 Å². The number of hydrogen-bond acceptors (Lipinski definition) is 3. The first-order chi connectivity index (χ1) is 13.0. The van der Waals surface area contributed by atoms with E-state index < -0.39 is 17.2 Å². The highest BCUT2D eigenvalue weighted by Crippen LogP contribution is 2.15. The van der Waals surface area contributed by atoms with Crippen LogP contribution in [-0.2, 0) is 13.1 Å². The maximum absolute atomic E-state index is 12.6. The molecule has 0 spiro atoms. The molecule has 0 saturated carbocycles. The first-order valence-electron chi connectivity index (χ1n) is 8.04. The lowest BCUT2D eigenvalue weighted by Crippen LogP contribution is -2.40. The fourth-order valence-corrected chi connectivity index (χ4v) is 2.82. The molecule has 0 atom stereocenters. The van der Waals surface area contributed by atoms with E-state index in [1.807, 2.05) is 0 Å². The van der Waals surface area contributed by atoms with E-state index in [1.165, 1.54) is 0 Å². The molecule has 3 aromatic rings. The molecule has 0 aliphatic heterocycles. The van der Waals surface area contributed by atoms with Crippen LogP contribution in [0.3, 0.4) is 0 Å². The second-order valence-corrected chi connectivity index (χ2v) is 6.64. The van der Waals surface area contributed by atoms with Gasteiger partial charge >= 0.3 is 5.69 Å². The van der Waals surface area contributed by atoms with Crippen molar-refractivity contribution in [3.05, 3.63) is 102 Å². The highest BCUT2D eigenvalue weighted by atomic mass is 35.5. The van der Waals surface area contributed by atoms with E-state index in [0.717, 1.165) is 16.3 Å². The molecule has 0 unspecified atom stereocenters. The highest BCUT2D eigenvalue weighted by molar-refractivity contribution is 6.31. The Bertz CT molecular complexity index is 1090. The molecule has 3 rings (SSSR count). The first-order valence-corrected chi connectivity index (χ1v) is 8.80. The van der Waals surface area contributed by atoms with Crippen molar-refractivity contribution in [1.82, 2.24) is 14.9 Å². The molecule has 2 aromatic carbocycles. The monoisotopic (exact) mass is 403 g/mol. The number of aromatic amines is 1. The zero-order valence-electron chi connectivity index (χ0n) is 14.0. The minimum absolute atomic E-state index is 0.0356. The Kier molecular flexibility index (Phi) is 5.78. The standard InChI is InChI=1S/C19H15Cl2N3O3/c20-14-7-5-12(6-8-14)9-22-17(25)15-10-23-19(27)24(18(15)26)11-13-3-1-2-4-16(13)21/h1-8,10H,9,11H2,(H,22,25)(H,23,27). The van der Waals surface area contributed by atoms with Crippen LogP contribution in [0.2, 0.25) is 10.0 Å². The molecule has 0 radical (unpaired) electrons. The van der Waals surface area contributed by atoms with Crippen molar-refractivity contribution in [1.29, 1.82) is 0 Å². The summed E-state index contributed by atoms with van der Waals surface area (Å²) in [6, 6.07) is 13.8. The van der Waals surface area contributed by atoms with Crippen LogP contribution < -0.4 is 16.6 Å². The molecule has 1 aromatic heterocycles. The number of hydrogen-bond donors (Lipinski definition) is 2. The van der Waals surface area contributed by atoms with Crippen LogP contribution in [0.15, 0.2) is 64.3 Å². The second-order valence-electron chi connectivity index (χ2n) is 5.80. The van der Waals surface area contributed by atoms with E-state index in [9.17, 15) is 14.4 Å². The Labute approximate surface area is 164 Å². The van der Waals surface area contributed by atoms with Crippen LogP contribution in [-0.4, -0.2) is 15.5 Å². The Morgan fingerprint density at radius 2 is 1.74 bits per heavy atom. The number of rotatable bonds is 5. The van der Waals surface area contributed by atoms with E-state index >= 15 is 0 Å². The molecule has 6 nitrogen and oxygen atoms in total. The van der Waals surface area contributed by atoms with Crippen LogP contribution in [0, 0.1) is 0 Å². The van der Waals surface area contributed by atoms with Gasteiger partial charge in [-0.25, -0.2) is 4.79 Å². The van der Waals surface area contributed by atoms with E-state index in [1.54, 1.807) is 48.5 Å². The van der Waals surface area contributed by atoms with E-state index in [0.29, 0.717) is 15.6 Å². The molecule has 27 heavy (non-hydrogen) atoms. The van der Waals surface area contributed by atoms with Gasteiger partial charge in [0.2, 0.25) is 0 Å². The van der Waals surface area contributed by atoms with Gasteiger partial charge in [0.05, 0.1) is 6.54 Å². The number of halogens is 2. The summed E-state index contributed by atoms with van der Waals surface area (Å²) >= 11 is 11.9. The summed E-state index contributed by atoms with van der Waals surface area (Å²) in [6.07, 6.45) is 1.12. The Hall–Kier alpha value is -2.83. The van der Waals surface area contributed by atoms with Gasteiger partial charge in [-0.05, 0) is 29.3 Å².